The predicted octanol–water partition coefficient (Wildman–Crippen LogP) is 3.85. The van der Waals surface area contributed by atoms with Gasteiger partial charge in [-0.15, -0.1) is 0 Å². The summed E-state index contributed by atoms with van der Waals surface area (Å²) >= 11 is 5.95. The maximum Gasteiger partial charge on any atom is 0.228 e. The van der Waals surface area contributed by atoms with Gasteiger partial charge in [-0.05, 0) is 42.3 Å². The van der Waals surface area contributed by atoms with Crippen molar-refractivity contribution in [2.24, 2.45) is 0 Å². The Hall–Kier alpha value is -2.20. The lowest BCUT2D eigenvalue weighted by Gasteiger charge is -2.11. The van der Waals surface area contributed by atoms with Crippen LogP contribution in [0.5, 0.6) is 11.5 Å². The highest BCUT2D eigenvalue weighted by atomic mass is 35.5. The maximum atomic E-state index is 12.2. The van der Waals surface area contributed by atoms with E-state index < -0.39 is 0 Å². The fourth-order valence-electron chi connectivity index (χ4n) is 2.13. The van der Waals surface area contributed by atoms with Gasteiger partial charge >= 0.3 is 0 Å². The van der Waals surface area contributed by atoms with Crippen LogP contribution in [-0.4, -0.2) is 20.1 Å². The fourth-order valence-corrected chi connectivity index (χ4v) is 2.30. The number of halogens is 1. The number of aryl methyl sites for hydroxylation is 1. The minimum atomic E-state index is -0.147. The molecule has 22 heavy (non-hydrogen) atoms. The van der Waals surface area contributed by atoms with Crippen LogP contribution in [0.25, 0.3) is 0 Å². The molecule has 5 heteroatoms. The van der Waals surface area contributed by atoms with Crippen molar-refractivity contribution >= 4 is 23.2 Å². The summed E-state index contributed by atoms with van der Waals surface area (Å²) in [5, 5.41) is 3.35. The third kappa shape index (κ3) is 3.92. The van der Waals surface area contributed by atoms with Gasteiger partial charge in [0.25, 0.3) is 0 Å². The van der Waals surface area contributed by atoms with Crippen molar-refractivity contribution in [3.05, 3.63) is 52.5 Å². The molecule has 0 radical (unpaired) electrons. The molecular formula is C17H18ClNO3. The average Bonchev–Trinajstić information content (AvgIpc) is 2.49. The molecule has 2 aromatic carbocycles. The van der Waals surface area contributed by atoms with Gasteiger partial charge in [0, 0.05) is 5.02 Å². The zero-order chi connectivity index (χ0) is 16.1. The fraction of sp³-hybridized carbons (Fsp3) is 0.235. The van der Waals surface area contributed by atoms with Crippen LogP contribution in [0.4, 0.5) is 5.69 Å². The van der Waals surface area contributed by atoms with Gasteiger partial charge in [0.15, 0.2) is 0 Å². The molecular weight excluding hydrogens is 302 g/mol. The summed E-state index contributed by atoms with van der Waals surface area (Å²) in [7, 11) is 3.16. The molecule has 0 aliphatic carbocycles. The molecule has 0 saturated carbocycles. The van der Waals surface area contributed by atoms with Gasteiger partial charge < -0.3 is 14.8 Å². The van der Waals surface area contributed by atoms with Crippen LogP contribution in [-0.2, 0) is 11.2 Å². The summed E-state index contributed by atoms with van der Waals surface area (Å²) in [6, 6.07) is 10.8. The van der Waals surface area contributed by atoms with Crippen molar-refractivity contribution in [1.29, 1.82) is 0 Å². The predicted molar refractivity (Wildman–Crippen MR) is 88.1 cm³/mol. The second-order valence-electron chi connectivity index (χ2n) is 4.87. The van der Waals surface area contributed by atoms with E-state index in [1.807, 2.05) is 25.1 Å². The maximum absolute atomic E-state index is 12.2. The van der Waals surface area contributed by atoms with Crippen LogP contribution in [0.3, 0.4) is 0 Å². The Morgan fingerprint density at radius 3 is 2.50 bits per heavy atom. The SMILES string of the molecule is COc1cc(CC(=O)Nc2cc(Cl)ccc2OC)ccc1C. The van der Waals surface area contributed by atoms with Crippen LogP contribution in [0.1, 0.15) is 11.1 Å². The van der Waals surface area contributed by atoms with Crippen LogP contribution >= 0.6 is 11.6 Å². The highest BCUT2D eigenvalue weighted by Crippen LogP contribution is 2.28. The van der Waals surface area contributed by atoms with E-state index in [0.717, 1.165) is 16.9 Å². The molecule has 2 rings (SSSR count). The first-order valence-corrected chi connectivity index (χ1v) is 7.18. The Kier molecular flexibility index (Phi) is 5.28. The van der Waals surface area contributed by atoms with Crippen LogP contribution in [0.2, 0.25) is 5.02 Å². The first-order chi connectivity index (χ1) is 10.5. The van der Waals surface area contributed by atoms with Crippen molar-refractivity contribution in [1.82, 2.24) is 0 Å². The first kappa shape index (κ1) is 16.2. The van der Waals surface area contributed by atoms with E-state index >= 15 is 0 Å². The van der Waals surface area contributed by atoms with E-state index in [2.05, 4.69) is 5.32 Å². The van der Waals surface area contributed by atoms with Crippen LogP contribution in [0, 0.1) is 6.92 Å². The molecule has 4 nitrogen and oxygen atoms in total. The Morgan fingerprint density at radius 1 is 1.09 bits per heavy atom. The lowest BCUT2D eigenvalue weighted by molar-refractivity contribution is -0.115. The molecule has 0 saturated heterocycles. The smallest absolute Gasteiger partial charge is 0.228 e. The number of amides is 1. The third-order valence-electron chi connectivity index (χ3n) is 3.27. The molecule has 2 aromatic rings. The van der Waals surface area contributed by atoms with E-state index in [4.69, 9.17) is 21.1 Å². The van der Waals surface area contributed by atoms with Gasteiger partial charge in [0.1, 0.15) is 11.5 Å². The van der Waals surface area contributed by atoms with E-state index in [-0.39, 0.29) is 12.3 Å². The van der Waals surface area contributed by atoms with Gasteiger partial charge in [-0.3, -0.25) is 4.79 Å². The number of methoxy groups -OCH3 is 2. The average molecular weight is 320 g/mol. The van der Waals surface area contributed by atoms with E-state index in [1.54, 1.807) is 32.4 Å². The summed E-state index contributed by atoms with van der Waals surface area (Å²) < 4.78 is 10.5. The Labute approximate surface area is 135 Å². The van der Waals surface area contributed by atoms with E-state index in [0.29, 0.717) is 16.5 Å². The molecule has 1 amide bonds. The van der Waals surface area contributed by atoms with Crippen molar-refractivity contribution in [3.63, 3.8) is 0 Å². The van der Waals surface area contributed by atoms with Gasteiger partial charge in [-0.2, -0.15) is 0 Å². The normalized spacial score (nSPS) is 10.2. The first-order valence-electron chi connectivity index (χ1n) is 6.80. The van der Waals surface area contributed by atoms with Gasteiger partial charge in [-0.25, -0.2) is 0 Å². The molecule has 0 aliphatic rings. The Balaban J connectivity index is 2.12. The van der Waals surface area contributed by atoms with Crippen molar-refractivity contribution < 1.29 is 14.3 Å². The number of rotatable bonds is 5. The zero-order valence-electron chi connectivity index (χ0n) is 12.8. The summed E-state index contributed by atoms with van der Waals surface area (Å²) in [5.41, 5.74) is 2.46. The minimum Gasteiger partial charge on any atom is -0.496 e. The number of hydrogen-bond acceptors (Lipinski definition) is 3. The second-order valence-corrected chi connectivity index (χ2v) is 5.31. The number of ether oxygens (including phenoxy) is 2. The summed E-state index contributed by atoms with van der Waals surface area (Å²) in [6.07, 6.45) is 0.242. The number of nitrogens with one attached hydrogen (secondary N) is 1. The second kappa shape index (κ2) is 7.18. The lowest BCUT2D eigenvalue weighted by Crippen LogP contribution is -2.15. The molecule has 116 valence electrons. The third-order valence-corrected chi connectivity index (χ3v) is 3.51. The Bertz CT molecular complexity index is 686. The molecule has 1 N–H and O–H groups in total. The van der Waals surface area contributed by atoms with E-state index in [9.17, 15) is 4.79 Å². The highest BCUT2D eigenvalue weighted by molar-refractivity contribution is 6.31. The summed E-state index contributed by atoms with van der Waals surface area (Å²) in [5.74, 6) is 1.19. The van der Waals surface area contributed by atoms with Crippen molar-refractivity contribution in [2.75, 3.05) is 19.5 Å². The molecule has 0 aliphatic heterocycles. The number of anilines is 1. The van der Waals surface area contributed by atoms with Gasteiger partial charge in [-0.1, -0.05) is 23.7 Å². The van der Waals surface area contributed by atoms with Crippen molar-refractivity contribution in [3.8, 4) is 11.5 Å². The summed E-state index contributed by atoms with van der Waals surface area (Å²) in [4.78, 5) is 12.2. The molecule has 0 aromatic heterocycles. The number of carbonyl (C=O) groups is 1. The Morgan fingerprint density at radius 2 is 1.82 bits per heavy atom. The number of hydrogen-bond donors (Lipinski definition) is 1. The van der Waals surface area contributed by atoms with Gasteiger partial charge in [0.05, 0.1) is 26.3 Å². The molecule has 0 fully saturated rings. The highest BCUT2D eigenvalue weighted by Gasteiger charge is 2.10. The minimum absolute atomic E-state index is 0.147. The van der Waals surface area contributed by atoms with Gasteiger partial charge in [0.2, 0.25) is 5.91 Å². The molecule has 0 heterocycles. The number of benzene rings is 2. The molecule has 0 bridgehead atoms. The van der Waals surface area contributed by atoms with Crippen molar-refractivity contribution in [2.45, 2.75) is 13.3 Å². The number of carbonyl (C=O) groups excluding carboxylic acids is 1. The molecule has 0 atom stereocenters. The molecule has 0 unspecified atom stereocenters. The quantitative estimate of drug-likeness (QED) is 0.910. The monoisotopic (exact) mass is 319 g/mol. The topological polar surface area (TPSA) is 47.6 Å². The molecule has 0 spiro atoms. The van der Waals surface area contributed by atoms with E-state index in [1.165, 1.54) is 0 Å². The van der Waals surface area contributed by atoms with Crippen LogP contribution in [0.15, 0.2) is 36.4 Å². The van der Waals surface area contributed by atoms with Crippen LogP contribution < -0.4 is 14.8 Å². The summed E-state index contributed by atoms with van der Waals surface area (Å²) in [6.45, 7) is 1.96. The zero-order valence-corrected chi connectivity index (χ0v) is 13.5. The lowest BCUT2D eigenvalue weighted by atomic mass is 10.1. The standard InChI is InChI=1S/C17H18ClNO3/c1-11-4-5-12(8-16(11)22-3)9-17(20)19-14-10-13(18)6-7-15(14)21-2/h4-8,10H,9H2,1-3H3,(H,19,20). The largest absolute Gasteiger partial charge is 0.496 e.